The van der Waals surface area contributed by atoms with E-state index in [-0.39, 0.29) is 0 Å². The van der Waals surface area contributed by atoms with Gasteiger partial charge in [-0.15, -0.1) is 0 Å². The molecule has 1 aliphatic heterocycles. The Morgan fingerprint density at radius 3 is 2.47 bits per heavy atom. The van der Waals surface area contributed by atoms with Gasteiger partial charge in [0, 0.05) is 17.0 Å². The van der Waals surface area contributed by atoms with Gasteiger partial charge < -0.3 is 4.74 Å². The Morgan fingerprint density at radius 1 is 0.917 bits per heavy atom. The second-order valence-electron chi connectivity index (χ2n) is 11.4. The van der Waals surface area contributed by atoms with E-state index in [4.69, 9.17) is 4.74 Å². The highest BCUT2D eigenvalue weighted by Gasteiger charge is 2.34. The van der Waals surface area contributed by atoms with E-state index in [0.29, 0.717) is 5.92 Å². The molecule has 7 rings (SSSR count). The van der Waals surface area contributed by atoms with E-state index >= 15 is 0 Å². The van der Waals surface area contributed by atoms with Crippen LogP contribution in [0.5, 0.6) is 11.5 Å². The van der Waals surface area contributed by atoms with Gasteiger partial charge in [-0.25, -0.2) is 4.57 Å². The zero-order valence-corrected chi connectivity index (χ0v) is 21.8. The first-order valence-electron chi connectivity index (χ1n) is 13.6. The highest BCUT2D eigenvalue weighted by atomic mass is 16.5. The smallest absolute Gasteiger partial charge is 0.228 e. The van der Waals surface area contributed by atoms with E-state index in [0.717, 1.165) is 17.4 Å². The molecule has 0 bridgehead atoms. The van der Waals surface area contributed by atoms with Crippen LogP contribution in [-0.4, -0.2) is 0 Å². The summed E-state index contributed by atoms with van der Waals surface area (Å²) >= 11 is 0. The molecular formula is C34H34NO+. The zero-order valence-electron chi connectivity index (χ0n) is 21.8. The van der Waals surface area contributed by atoms with E-state index in [1.165, 1.54) is 92.4 Å². The minimum Gasteiger partial charge on any atom is -0.455 e. The fourth-order valence-electron chi connectivity index (χ4n) is 7.04. The lowest BCUT2D eigenvalue weighted by Gasteiger charge is -2.27. The Balaban J connectivity index is 1.54. The number of benzene rings is 4. The van der Waals surface area contributed by atoms with Crippen LogP contribution in [0, 0.1) is 12.8 Å². The summed E-state index contributed by atoms with van der Waals surface area (Å²) in [4.78, 5) is 0. The Kier molecular flexibility index (Phi) is 4.90. The maximum Gasteiger partial charge on any atom is 0.228 e. The van der Waals surface area contributed by atoms with E-state index in [2.05, 4.69) is 93.2 Å². The largest absolute Gasteiger partial charge is 0.455 e. The van der Waals surface area contributed by atoms with E-state index in [9.17, 15) is 0 Å². The van der Waals surface area contributed by atoms with Gasteiger partial charge in [0.05, 0.1) is 10.9 Å². The summed E-state index contributed by atoms with van der Waals surface area (Å²) in [6, 6.07) is 20.5. The fraction of sp³-hybridized carbons (Fsp3) is 0.324. The summed E-state index contributed by atoms with van der Waals surface area (Å²) in [6.07, 6.45) is 9.00. The van der Waals surface area contributed by atoms with Gasteiger partial charge in [0.2, 0.25) is 5.69 Å². The molecule has 5 aromatic rings. The highest BCUT2D eigenvalue weighted by Crippen LogP contribution is 2.53. The topological polar surface area (TPSA) is 13.1 Å². The van der Waals surface area contributed by atoms with Crippen molar-refractivity contribution in [2.75, 3.05) is 0 Å². The number of rotatable bonds is 3. The minimum absolute atomic E-state index is 0.355. The fourth-order valence-corrected chi connectivity index (χ4v) is 7.04. The van der Waals surface area contributed by atoms with Gasteiger partial charge in [-0.05, 0) is 63.9 Å². The molecule has 36 heavy (non-hydrogen) atoms. The van der Waals surface area contributed by atoms with Crippen molar-refractivity contribution >= 4 is 32.3 Å². The quantitative estimate of drug-likeness (QED) is 0.185. The molecule has 0 saturated heterocycles. The molecule has 2 aliphatic rings. The second-order valence-corrected chi connectivity index (χ2v) is 11.4. The molecule has 0 atom stereocenters. The lowest BCUT2D eigenvalue weighted by molar-refractivity contribution is -0.659. The number of nitrogens with zero attached hydrogens (tertiary/aromatic N) is 1. The van der Waals surface area contributed by atoms with Crippen LogP contribution in [0.1, 0.15) is 62.1 Å². The maximum absolute atomic E-state index is 6.92. The molecule has 0 unspecified atom stereocenters. The molecule has 0 spiro atoms. The predicted octanol–water partition coefficient (Wildman–Crippen LogP) is 8.91. The molecule has 4 aromatic carbocycles. The standard InChI is InChI=1S/C34H34NO/c1-20(2)30-26-12-8-7-11-25(26)21(3)31-33-32-27(15-16-35(33)4)28-18-23(17-22-9-5-6-10-22)13-14-24(28)19-29(32)36-34(30)31/h7-8,11-16,18-20,22H,5-6,9-10,17H2,1-4H3/q+1. The summed E-state index contributed by atoms with van der Waals surface area (Å²) in [6.45, 7) is 6.82. The van der Waals surface area contributed by atoms with Crippen molar-refractivity contribution in [3.63, 3.8) is 0 Å². The van der Waals surface area contributed by atoms with Crippen molar-refractivity contribution in [1.82, 2.24) is 0 Å². The van der Waals surface area contributed by atoms with E-state index < -0.39 is 0 Å². The average Bonchev–Trinajstić information content (AvgIpc) is 3.38. The number of hydrogen-bond acceptors (Lipinski definition) is 1. The molecule has 2 heteroatoms. The minimum atomic E-state index is 0.355. The van der Waals surface area contributed by atoms with Gasteiger partial charge in [0.25, 0.3) is 0 Å². The van der Waals surface area contributed by atoms with Crippen molar-refractivity contribution < 1.29 is 9.30 Å². The first-order chi connectivity index (χ1) is 17.5. The Morgan fingerprint density at radius 2 is 1.69 bits per heavy atom. The normalized spacial score (nSPS) is 15.2. The molecule has 0 radical (unpaired) electrons. The Bertz CT molecular complexity index is 1690. The first-order valence-corrected chi connectivity index (χ1v) is 13.6. The van der Waals surface area contributed by atoms with Crippen LogP contribution in [0.15, 0.2) is 60.8 Å². The lowest BCUT2D eigenvalue weighted by Crippen LogP contribution is -2.32. The summed E-state index contributed by atoms with van der Waals surface area (Å²) in [5, 5.41) is 7.78. The molecule has 2 heterocycles. The molecule has 0 amide bonds. The summed E-state index contributed by atoms with van der Waals surface area (Å²) in [5.74, 6) is 3.22. The van der Waals surface area contributed by atoms with Gasteiger partial charge in [0.1, 0.15) is 18.5 Å². The molecule has 180 valence electrons. The number of aryl methyl sites for hydroxylation is 2. The van der Waals surface area contributed by atoms with E-state index in [1.807, 2.05) is 0 Å². The third-order valence-electron chi connectivity index (χ3n) is 8.76. The number of pyridine rings is 1. The van der Waals surface area contributed by atoms with Crippen molar-refractivity contribution in [2.45, 2.75) is 58.8 Å². The van der Waals surface area contributed by atoms with Gasteiger partial charge in [-0.2, -0.15) is 0 Å². The number of fused-ring (bicyclic) bond motifs is 5. The summed E-state index contributed by atoms with van der Waals surface area (Å²) < 4.78 is 9.22. The van der Waals surface area contributed by atoms with Crippen LogP contribution in [0.3, 0.4) is 0 Å². The van der Waals surface area contributed by atoms with Crippen molar-refractivity contribution in [3.05, 3.63) is 77.5 Å². The third kappa shape index (κ3) is 3.13. The maximum atomic E-state index is 6.92. The number of aromatic nitrogens is 1. The predicted molar refractivity (Wildman–Crippen MR) is 150 cm³/mol. The van der Waals surface area contributed by atoms with Crippen LogP contribution in [0.2, 0.25) is 0 Å². The summed E-state index contributed by atoms with van der Waals surface area (Å²) in [7, 11) is 2.18. The van der Waals surface area contributed by atoms with Crippen molar-refractivity contribution in [2.24, 2.45) is 13.0 Å². The molecule has 0 N–H and O–H groups in total. The van der Waals surface area contributed by atoms with Gasteiger partial charge in [0.15, 0.2) is 6.20 Å². The van der Waals surface area contributed by atoms with Crippen LogP contribution in [0.4, 0.5) is 0 Å². The Hall–Kier alpha value is -3.39. The zero-order chi connectivity index (χ0) is 24.6. The number of ether oxygens (including phenoxy) is 1. The van der Waals surface area contributed by atoms with Gasteiger partial charge in [-0.3, -0.25) is 0 Å². The van der Waals surface area contributed by atoms with E-state index in [1.54, 1.807) is 0 Å². The molecular weight excluding hydrogens is 438 g/mol. The van der Waals surface area contributed by atoms with Crippen LogP contribution >= 0.6 is 0 Å². The Labute approximate surface area is 213 Å². The average molecular weight is 473 g/mol. The van der Waals surface area contributed by atoms with Gasteiger partial charge in [-0.1, -0.05) is 82.0 Å². The third-order valence-corrected chi connectivity index (χ3v) is 8.76. The SMILES string of the molecule is Cc1c2c(c(C(C)C)c3ccccc13)Oc1cc3ccc(CC4CCCC4)cc3c3cc[n+](C)c-2c13. The monoisotopic (exact) mass is 472 g/mol. The van der Waals surface area contributed by atoms with Crippen molar-refractivity contribution in [3.8, 4) is 22.8 Å². The molecule has 2 nitrogen and oxygen atoms in total. The van der Waals surface area contributed by atoms with Gasteiger partial charge >= 0.3 is 0 Å². The molecule has 1 aromatic heterocycles. The molecule has 1 fully saturated rings. The molecule has 1 aliphatic carbocycles. The van der Waals surface area contributed by atoms with Crippen LogP contribution < -0.4 is 9.30 Å². The summed E-state index contributed by atoms with van der Waals surface area (Å²) in [5.41, 5.74) is 6.60. The van der Waals surface area contributed by atoms with Crippen LogP contribution in [0.25, 0.3) is 43.6 Å². The second kappa shape index (κ2) is 8.06. The van der Waals surface area contributed by atoms with Crippen LogP contribution in [-0.2, 0) is 13.5 Å². The highest BCUT2D eigenvalue weighted by molar-refractivity contribution is 6.16. The number of hydrogen-bond donors (Lipinski definition) is 0. The lowest BCUT2D eigenvalue weighted by atomic mass is 9.84. The first kappa shape index (κ1) is 21.9. The molecule has 1 saturated carbocycles. The van der Waals surface area contributed by atoms with Crippen molar-refractivity contribution in [1.29, 1.82) is 0 Å².